The Morgan fingerprint density at radius 1 is 1.43 bits per heavy atom. The van der Waals surface area contributed by atoms with Crippen LogP contribution in [0.15, 0.2) is 23.4 Å². The van der Waals surface area contributed by atoms with Crippen LogP contribution in [0, 0.1) is 0 Å². The Kier molecular flexibility index (Phi) is 5.50. The van der Waals surface area contributed by atoms with Crippen LogP contribution in [0.5, 0.6) is 0 Å². The fraction of sp³-hybridized carbons (Fsp3) is 0.308. The molecule has 2 rings (SSSR count). The van der Waals surface area contributed by atoms with Gasteiger partial charge in [-0.05, 0) is 18.2 Å². The van der Waals surface area contributed by atoms with Crippen molar-refractivity contribution in [2.75, 3.05) is 11.1 Å². The maximum Gasteiger partial charge on any atom is 0.234 e. The molecule has 0 aliphatic heterocycles. The lowest BCUT2D eigenvalue weighted by Crippen LogP contribution is -2.14. The summed E-state index contributed by atoms with van der Waals surface area (Å²) >= 11 is 13.1. The molecule has 1 heterocycles. The normalized spacial score (nSPS) is 10.9. The molecule has 0 radical (unpaired) electrons. The van der Waals surface area contributed by atoms with Crippen molar-refractivity contribution in [3.05, 3.63) is 34.1 Å². The van der Waals surface area contributed by atoms with Gasteiger partial charge < -0.3 is 5.32 Å². The van der Waals surface area contributed by atoms with E-state index in [4.69, 9.17) is 23.2 Å². The Morgan fingerprint density at radius 2 is 2.19 bits per heavy atom. The van der Waals surface area contributed by atoms with Gasteiger partial charge in [0.2, 0.25) is 11.1 Å². The third kappa shape index (κ3) is 4.62. The van der Waals surface area contributed by atoms with E-state index >= 15 is 0 Å². The quantitative estimate of drug-likeness (QED) is 0.805. The average Bonchev–Trinajstić information content (AvgIpc) is 2.90. The standard InChI is InChI=1S/C13H14Cl2N4OS/c1-7(2)12-17-13(19-18-12)21-6-11(20)16-10-5-8(14)3-4-9(10)15/h3-5,7H,6H2,1-2H3,(H,16,20)(H,17,18,19). The predicted molar refractivity (Wildman–Crippen MR) is 86.3 cm³/mol. The zero-order valence-corrected chi connectivity index (χ0v) is 13.8. The molecular formula is C13H14Cl2N4OS. The van der Waals surface area contributed by atoms with Crippen LogP contribution in [0.2, 0.25) is 10.0 Å². The molecule has 0 bridgehead atoms. The lowest BCUT2D eigenvalue weighted by atomic mass is 10.2. The van der Waals surface area contributed by atoms with Gasteiger partial charge in [0.25, 0.3) is 0 Å². The Labute approximate surface area is 136 Å². The Balaban J connectivity index is 1.91. The zero-order valence-electron chi connectivity index (χ0n) is 11.5. The summed E-state index contributed by atoms with van der Waals surface area (Å²) in [5.41, 5.74) is 0.493. The van der Waals surface area contributed by atoms with Crippen LogP contribution in [-0.4, -0.2) is 26.8 Å². The number of hydrogen-bond donors (Lipinski definition) is 2. The molecule has 0 aliphatic rings. The van der Waals surface area contributed by atoms with Crippen LogP contribution >= 0.6 is 35.0 Å². The zero-order chi connectivity index (χ0) is 15.4. The van der Waals surface area contributed by atoms with E-state index in [1.165, 1.54) is 11.8 Å². The molecule has 0 fully saturated rings. The molecule has 0 spiro atoms. The van der Waals surface area contributed by atoms with E-state index in [1.807, 2.05) is 13.8 Å². The van der Waals surface area contributed by atoms with E-state index in [1.54, 1.807) is 18.2 Å². The summed E-state index contributed by atoms with van der Waals surface area (Å²) in [6.07, 6.45) is 0. The van der Waals surface area contributed by atoms with E-state index < -0.39 is 0 Å². The van der Waals surface area contributed by atoms with E-state index in [2.05, 4.69) is 20.5 Å². The molecule has 0 saturated carbocycles. The van der Waals surface area contributed by atoms with Crippen molar-refractivity contribution in [3.8, 4) is 0 Å². The highest BCUT2D eigenvalue weighted by molar-refractivity contribution is 7.99. The lowest BCUT2D eigenvalue weighted by molar-refractivity contribution is -0.113. The van der Waals surface area contributed by atoms with Crippen LogP contribution in [0.4, 0.5) is 5.69 Å². The van der Waals surface area contributed by atoms with E-state index in [0.29, 0.717) is 20.9 Å². The van der Waals surface area contributed by atoms with E-state index in [9.17, 15) is 4.79 Å². The molecule has 8 heteroatoms. The number of aromatic nitrogens is 3. The van der Waals surface area contributed by atoms with Gasteiger partial charge in [0.05, 0.1) is 16.5 Å². The molecule has 1 aromatic heterocycles. The van der Waals surface area contributed by atoms with Crippen LogP contribution < -0.4 is 5.32 Å². The van der Waals surface area contributed by atoms with Gasteiger partial charge in [0.1, 0.15) is 5.82 Å². The van der Waals surface area contributed by atoms with Gasteiger partial charge in [-0.15, -0.1) is 5.10 Å². The fourth-order valence-electron chi connectivity index (χ4n) is 1.49. The number of aromatic amines is 1. The number of thioether (sulfide) groups is 1. The van der Waals surface area contributed by atoms with Gasteiger partial charge in [0, 0.05) is 10.9 Å². The number of carbonyl (C=O) groups excluding carboxylic acids is 1. The number of nitrogens with one attached hydrogen (secondary N) is 2. The molecule has 0 saturated heterocycles. The fourth-order valence-corrected chi connectivity index (χ4v) is 2.43. The Bertz CT molecular complexity index is 645. The Hall–Kier alpha value is -1.24. The second-order valence-electron chi connectivity index (χ2n) is 4.62. The smallest absolute Gasteiger partial charge is 0.234 e. The number of hydrogen-bond acceptors (Lipinski definition) is 4. The first-order chi connectivity index (χ1) is 9.95. The molecule has 1 aromatic carbocycles. The molecule has 2 N–H and O–H groups in total. The maximum absolute atomic E-state index is 11.9. The summed E-state index contributed by atoms with van der Waals surface area (Å²) in [4.78, 5) is 16.2. The molecule has 0 aliphatic carbocycles. The molecule has 112 valence electrons. The van der Waals surface area contributed by atoms with Crippen LogP contribution in [0.1, 0.15) is 25.6 Å². The van der Waals surface area contributed by atoms with Crippen LogP contribution in [-0.2, 0) is 4.79 Å². The van der Waals surface area contributed by atoms with Crippen molar-refractivity contribution in [1.29, 1.82) is 0 Å². The van der Waals surface area contributed by atoms with Crippen molar-refractivity contribution < 1.29 is 4.79 Å². The molecule has 21 heavy (non-hydrogen) atoms. The average molecular weight is 345 g/mol. The molecule has 1 amide bonds. The third-order valence-corrected chi connectivity index (χ3v) is 3.98. The summed E-state index contributed by atoms with van der Waals surface area (Å²) in [6, 6.07) is 4.91. The number of amides is 1. The van der Waals surface area contributed by atoms with Crippen LogP contribution in [0.25, 0.3) is 0 Å². The minimum absolute atomic E-state index is 0.193. The van der Waals surface area contributed by atoms with Gasteiger partial charge in [-0.3, -0.25) is 9.89 Å². The van der Waals surface area contributed by atoms with Crippen molar-refractivity contribution in [3.63, 3.8) is 0 Å². The molecule has 0 atom stereocenters. The number of nitrogens with zero attached hydrogens (tertiary/aromatic N) is 2. The van der Waals surface area contributed by atoms with Crippen LogP contribution in [0.3, 0.4) is 0 Å². The van der Waals surface area contributed by atoms with Gasteiger partial charge in [-0.1, -0.05) is 48.8 Å². The molecule has 5 nitrogen and oxygen atoms in total. The second kappa shape index (κ2) is 7.15. The highest BCUT2D eigenvalue weighted by Crippen LogP contribution is 2.25. The second-order valence-corrected chi connectivity index (χ2v) is 6.41. The maximum atomic E-state index is 11.9. The summed E-state index contributed by atoms with van der Waals surface area (Å²) in [5, 5.41) is 11.1. The first-order valence-corrected chi connectivity index (χ1v) is 8.00. The van der Waals surface area contributed by atoms with Gasteiger partial charge >= 0.3 is 0 Å². The highest BCUT2D eigenvalue weighted by atomic mass is 35.5. The molecule has 0 unspecified atom stereocenters. The number of rotatable bonds is 5. The van der Waals surface area contributed by atoms with Crippen molar-refractivity contribution in [2.45, 2.75) is 24.9 Å². The lowest BCUT2D eigenvalue weighted by Gasteiger charge is -2.06. The summed E-state index contributed by atoms with van der Waals surface area (Å²) in [7, 11) is 0. The minimum atomic E-state index is -0.194. The number of benzene rings is 1. The SMILES string of the molecule is CC(C)c1nc(SCC(=O)Nc2cc(Cl)ccc2Cl)n[nH]1. The molecular weight excluding hydrogens is 331 g/mol. The monoisotopic (exact) mass is 344 g/mol. The van der Waals surface area contributed by atoms with E-state index in [-0.39, 0.29) is 17.6 Å². The van der Waals surface area contributed by atoms with Crippen molar-refractivity contribution in [1.82, 2.24) is 15.2 Å². The first kappa shape index (κ1) is 16.1. The minimum Gasteiger partial charge on any atom is -0.324 e. The highest BCUT2D eigenvalue weighted by Gasteiger charge is 2.11. The van der Waals surface area contributed by atoms with Crippen molar-refractivity contribution in [2.24, 2.45) is 0 Å². The number of H-pyrrole nitrogens is 1. The third-order valence-electron chi connectivity index (χ3n) is 2.56. The van der Waals surface area contributed by atoms with Gasteiger partial charge in [-0.2, -0.15) is 0 Å². The number of halogens is 2. The van der Waals surface area contributed by atoms with Crippen molar-refractivity contribution >= 4 is 46.6 Å². The predicted octanol–water partition coefficient (Wildman–Crippen LogP) is 3.97. The Morgan fingerprint density at radius 3 is 2.86 bits per heavy atom. The van der Waals surface area contributed by atoms with E-state index in [0.717, 1.165) is 5.82 Å². The topological polar surface area (TPSA) is 70.7 Å². The summed E-state index contributed by atoms with van der Waals surface area (Å²) in [6.45, 7) is 4.03. The number of anilines is 1. The first-order valence-electron chi connectivity index (χ1n) is 6.25. The van der Waals surface area contributed by atoms with Gasteiger partial charge in [-0.25, -0.2) is 4.98 Å². The van der Waals surface area contributed by atoms with Gasteiger partial charge in [0.15, 0.2) is 0 Å². The number of carbonyl (C=O) groups is 1. The summed E-state index contributed by atoms with van der Waals surface area (Å²) in [5.74, 6) is 1.07. The largest absolute Gasteiger partial charge is 0.324 e. The summed E-state index contributed by atoms with van der Waals surface area (Å²) < 4.78 is 0. The molecule has 2 aromatic rings.